The highest BCUT2D eigenvalue weighted by atomic mass is 35.5. The van der Waals surface area contributed by atoms with E-state index in [2.05, 4.69) is 10.1 Å². The zero-order valence-corrected chi connectivity index (χ0v) is 12.6. The van der Waals surface area contributed by atoms with Crippen LogP contribution in [0.15, 0.2) is 70.0 Å². The van der Waals surface area contributed by atoms with Gasteiger partial charge in [0.2, 0.25) is 0 Å². The van der Waals surface area contributed by atoms with E-state index in [-0.39, 0.29) is 5.15 Å². The number of halogens is 1. The molecule has 0 amide bonds. The molecule has 0 N–H and O–H groups in total. The SMILES string of the molecule is O=c1onc(-c2cc3ccccc3nc2Cl)n1-c1ccccc1. The fraction of sp³-hybridized carbons (Fsp3) is 0. The molecule has 0 fully saturated rings. The molecule has 0 aliphatic heterocycles. The van der Waals surface area contributed by atoms with Gasteiger partial charge in [0.05, 0.1) is 16.8 Å². The van der Waals surface area contributed by atoms with Crippen molar-refractivity contribution in [2.75, 3.05) is 0 Å². The molecule has 0 aliphatic carbocycles. The minimum atomic E-state index is -0.574. The van der Waals surface area contributed by atoms with Crippen molar-refractivity contribution in [1.29, 1.82) is 0 Å². The highest BCUT2D eigenvalue weighted by Crippen LogP contribution is 2.29. The molecule has 6 heteroatoms. The van der Waals surface area contributed by atoms with Gasteiger partial charge in [0, 0.05) is 5.39 Å². The summed E-state index contributed by atoms with van der Waals surface area (Å²) < 4.78 is 6.22. The first kappa shape index (κ1) is 13.7. The van der Waals surface area contributed by atoms with Gasteiger partial charge in [-0.25, -0.2) is 14.3 Å². The molecule has 112 valence electrons. The van der Waals surface area contributed by atoms with Crippen LogP contribution in [0, 0.1) is 0 Å². The summed E-state index contributed by atoms with van der Waals surface area (Å²) in [4.78, 5) is 16.4. The molecule has 0 bridgehead atoms. The Kier molecular flexibility index (Phi) is 3.20. The fourth-order valence-electron chi connectivity index (χ4n) is 2.47. The van der Waals surface area contributed by atoms with Crippen LogP contribution in [0.4, 0.5) is 0 Å². The first-order valence-electron chi connectivity index (χ1n) is 6.94. The molecule has 0 saturated carbocycles. The maximum Gasteiger partial charge on any atom is 0.446 e. The molecule has 5 nitrogen and oxygen atoms in total. The van der Waals surface area contributed by atoms with Gasteiger partial charge in [-0.05, 0) is 24.3 Å². The van der Waals surface area contributed by atoms with Gasteiger partial charge in [0.1, 0.15) is 5.15 Å². The van der Waals surface area contributed by atoms with Crippen LogP contribution in [0.5, 0.6) is 0 Å². The maximum absolute atomic E-state index is 12.1. The summed E-state index contributed by atoms with van der Waals surface area (Å²) in [7, 11) is 0. The number of pyridine rings is 1. The Bertz CT molecular complexity index is 1050. The molecule has 0 unspecified atom stereocenters. The van der Waals surface area contributed by atoms with Crippen LogP contribution in [0.1, 0.15) is 0 Å². The Balaban J connectivity index is 1.99. The van der Waals surface area contributed by atoms with E-state index >= 15 is 0 Å². The summed E-state index contributed by atoms with van der Waals surface area (Å²) in [6, 6.07) is 18.6. The molecule has 0 spiro atoms. The summed E-state index contributed by atoms with van der Waals surface area (Å²) in [5.74, 6) is -0.250. The molecule has 0 aliphatic rings. The molecule has 4 rings (SSSR count). The minimum absolute atomic E-state index is 0.265. The summed E-state index contributed by atoms with van der Waals surface area (Å²) >= 11 is 6.30. The van der Waals surface area contributed by atoms with Crippen LogP contribution in [-0.4, -0.2) is 14.7 Å². The van der Waals surface area contributed by atoms with Crippen molar-refractivity contribution in [3.05, 3.63) is 76.4 Å². The predicted octanol–water partition coefficient (Wildman–Crippen LogP) is 3.69. The van der Waals surface area contributed by atoms with Crippen molar-refractivity contribution >= 4 is 22.5 Å². The monoisotopic (exact) mass is 323 g/mol. The molecular formula is C17H10ClN3O2. The third kappa shape index (κ3) is 2.31. The van der Waals surface area contributed by atoms with E-state index in [1.165, 1.54) is 4.57 Å². The van der Waals surface area contributed by atoms with E-state index in [1.807, 2.05) is 48.5 Å². The smallest absolute Gasteiger partial charge is 0.295 e. The lowest BCUT2D eigenvalue weighted by Gasteiger charge is -2.07. The molecule has 0 atom stereocenters. The minimum Gasteiger partial charge on any atom is -0.295 e. The Labute approximate surface area is 135 Å². The average molecular weight is 324 g/mol. The molecule has 2 aromatic heterocycles. The lowest BCUT2D eigenvalue weighted by atomic mass is 10.1. The van der Waals surface area contributed by atoms with Crippen molar-refractivity contribution in [2.45, 2.75) is 0 Å². The zero-order chi connectivity index (χ0) is 15.8. The molecule has 0 radical (unpaired) electrons. The molecule has 4 aromatic rings. The average Bonchev–Trinajstić information content (AvgIpc) is 2.96. The van der Waals surface area contributed by atoms with Crippen molar-refractivity contribution in [1.82, 2.24) is 14.7 Å². The highest BCUT2D eigenvalue weighted by molar-refractivity contribution is 6.32. The number of fused-ring (bicyclic) bond motifs is 1. The van der Waals surface area contributed by atoms with Gasteiger partial charge in [-0.2, -0.15) is 0 Å². The number of benzene rings is 2. The van der Waals surface area contributed by atoms with Gasteiger partial charge in [-0.1, -0.05) is 53.2 Å². The van der Waals surface area contributed by atoms with Gasteiger partial charge in [0.25, 0.3) is 0 Å². The van der Waals surface area contributed by atoms with E-state index in [9.17, 15) is 4.79 Å². The number of rotatable bonds is 2. The van der Waals surface area contributed by atoms with E-state index in [1.54, 1.807) is 12.1 Å². The van der Waals surface area contributed by atoms with Crippen LogP contribution in [0.2, 0.25) is 5.15 Å². The highest BCUT2D eigenvalue weighted by Gasteiger charge is 2.18. The number of aromatic nitrogens is 3. The van der Waals surface area contributed by atoms with Crippen molar-refractivity contribution in [3.8, 4) is 17.1 Å². The van der Waals surface area contributed by atoms with Crippen molar-refractivity contribution < 1.29 is 4.52 Å². The Morgan fingerprint density at radius 2 is 1.74 bits per heavy atom. The molecular weight excluding hydrogens is 314 g/mol. The van der Waals surface area contributed by atoms with E-state index in [0.29, 0.717) is 17.1 Å². The topological polar surface area (TPSA) is 60.9 Å². The summed E-state index contributed by atoms with van der Waals surface area (Å²) in [5, 5.41) is 5.05. The predicted molar refractivity (Wildman–Crippen MR) is 87.8 cm³/mol. The van der Waals surface area contributed by atoms with E-state index in [0.717, 1.165) is 10.9 Å². The van der Waals surface area contributed by atoms with Gasteiger partial charge in [0.15, 0.2) is 5.82 Å². The standard InChI is InChI=1S/C17H10ClN3O2/c18-15-13(10-11-6-4-5-9-14(11)19-15)16-20-23-17(22)21(16)12-7-2-1-3-8-12/h1-10H. The van der Waals surface area contributed by atoms with Gasteiger partial charge in [-0.3, -0.25) is 4.52 Å². The zero-order valence-electron chi connectivity index (χ0n) is 11.8. The number of hydrogen-bond acceptors (Lipinski definition) is 4. The second kappa shape index (κ2) is 5.37. The lowest BCUT2D eigenvalue weighted by molar-refractivity contribution is 0.383. The van der Waals surface area contributed by atoms with Gasteiger partial charge < -0.3 is 0 Å². The largest absolute Gasteiger partial charge is 0.446 e. The van der Waals surface area contributed by atoms with Crippen LogP contribution in [0.25, 0.3) is 28.0 Å². The van der Waals surface area contributed by atoms with Crippen molar-refractivity contribution in [2.24, 2.45) is 0 Å². The Morgan fingerprint density at radius 1 is 1.00 bits per heavy atom. The molecule has 2 aromatic carbocycles. The van der Waals surface area contributed by atoms with Gasteiger partial charge in [-0.15, -0.1) is 0 Å². The second-order valence-corrected chi connectivity index (χ2v) is 5.32. The molecule has 2 heterocycles. The van der Waals surface area contributed by atoms with Crippen LogP contribution in [0.3, 0.4) is 0 Å². The first-order chi connectivity index (χ1) is 11.2. The summed E-state index contributed by atoms with van der Waals surface area (Å²) in [5.41, 5.74) is 1.97. The second-order valence-electron chi connectivity index (χ2n) is 4.96. The lowest BCUT2D eigenvalue weighted by Crippen LogP contribution is -2.13. The van der Waals surface area contributed by atoms with Crippen molar-refractivity contribution in [3.63, 3.8) is 0 Å². The van der Waals surface area contributed by atoms with Crippen LogP contribution >= 0.6 is 11.6 Å². The third-order valence-corrected chi connectivity index (χ3v) is 3.83. The van der Waals surface area contributed by atoms with Crippen LogP contribution < -0.4 is 5.76 Å². The Morgan fingerprint density at radius 3 is 2.57 bits per heavy atom. The summed E-state index contributed by atoms with van der Waals surface area (Å²) in [6.45, 7) is 0. The third-order valence-electron chi connectivity index (χ3n) is 3.54. The Hall–Kier alpha value is -2.92. The number of para-hydroxylation sites is 2. The van der Waals surface area contributed by atoms with Gasteiger partial charge >= 0.3 is 5.76 Å². The summed E-state index contributed by atoms with van der Waals surface area (Å²) in [6.07, 6.45) is 0. The number of hydrogen-bond donors (Lipinski definition) is 0. The van der Waals surface area contributed by atoms with Crippen LogP contribution in [-0.2, 0) is 0 Å². The van der Waals surface area contributed by atoms with E-state index in [4.69, 9.17) is 16.1 Å². The van der Waals surface area contributed by atoms with E-state index < -0.39 is 5.76 Å². The molecule has 23 heavy (non-hydrogen) atoms. The molecule has 0 saturated heterocycles. The maximum atomic E-state index is 12.1. The number of nitrogens with zero attached hydrogens (tertiary/aromatic N) is 3. The normalized spacial score (nSPS) is 11.0. The fourth-order valence-corrected chi connectivity index (χ4v) is 2.70. The first-order valence-corrected chi connectivity index (χ1v) is 7.31. The quantitative estimate of drug-likeness (QED) is 0.528.